The smallest absolute Gasteiger partial charge is 0.264 e. The van der Waals surface area contributed by atoms with Gasteiger partial charge >= 0.3 is 0 Å². The molecule has 0 unspecified atom stereocenters. The highest BCUT2D eigenvalue weighted by Crippen LogP contribution is 2.49. The molecule has 10 nitrogen and oxygen atoms in total. The first-order valence-corrected chi connectivity index (χ1v) is 14.0. The number of carbonyl (C=O) groups is 4. The van der Waals surface area contributed by atoms with Crippen molar-refractivity contribution in [2.75, 3.05) is 45.3 Å². The van der Waals surface area contributed by atoms with Gasteiger partial charge in [0.05, 0.1) is 31.0 Å². The molecule has 208 valence electrons. The molecule has 7 rings (SSSR count). The summed E-state index contributed by atoms with van der Waals surface area (Å²) < 4.78 is 11.0. The summed E-state index contributed by atoms with van der Waals surface area (Å²) >= 11 is 0. The molecule has 3 saturated heterocycles. The summed E-state index contributed by atoms with van der Waals surface area (Å²) in [7, 11) is 2.99. The Morgan fingerprint density at radius 3 is 2.60 bits per heavy atom. The Morgan fingerprint density at radius 2 is 1.80 bits per heavy atom. The second-order valence-electron chi connectivity index (χ2n) is 11.4. The highest BCUT2D eigenvalue weighted by molar-refractivity contribution is 6.18. The summed E-state index contributed by atoms with van der Waals surface area (Å²) in [5.41, 5.74) is 1.83. The van der Waals surface area contributed by atoms with Crippen molar-refractivity contribution in [2.24, 2.45) is 11.8 Å². The van der Waals surface area contributed by atoms with Crippen LogP contribution in [0.15, 0.2) is 36.4 Å². The van der Waals surface area contributed by atoms with E-state index in [2.05, 4.69) is 4.90 Å². The fourth-order valence-electron chi connectivity index (χ4n) is 7.64. The number of amides is 4. The van der Waals surface area contributed by atoms with Gasteiger partial charge in [0.15, 0.2) is 11.5 Å². The number of benzene rings is 2. The minimum atomic E-state index is -0.774. The van der Waals surface area contributed by atoms with Crippen LogP contribution in [0.5, 0.6) is 11.5 Å². The molecule has 2 bridgehead atoms. The van der Waals surface area contributed by atoms with Crippen LogP contribution in [-0.2, 0) is 9.59 Å². The van der Waals surface area contributed by atoms with E-state index >= 15 is 0 Å². The van der Waals surface area contributed by atoms with Crippen molar-refractivity contribution in [2.45, 2.75) is 37.9 Å². The third-order valence-electron chi connectivity index (χ3n) is 9.32. The number of anilines is 1. The second-order valence-corrected chi connectivity index (χ2v) is 11.4. The zero-order chi connectivity index (χ0) is 27.7. The number of methoxy groups -OCH3 is 2. The third-order valence-corrected chi connectivity index (χ3v) is 9.32. The predicted molar refractivity (Wildman–Crippen MR) is 144 cm³/mol. The number of hydrogen-bond acceptors (Lipinski definition) is 6. The van der Waals surface area contributed by atoms with Crippen molar-refractivity contribution < 1.29 is 28.7 Å². The van der Waals surface area contributed by atoms with Crippen LogP contribution in [0.25, 0.3) is 0 Å². The van der Waals surface area contributed by atoms with Crippen LogP contribution in [-0.4, -0.2) is 84.8 Å². The van der Waals surface area contributed by atoms with Gasteiger partial charge in [0.2, 0.25) is 11.8 Å². The highest BCUT2D eigenvalue weighted by Gasteiger charge is 2.51. The maximum atomic E-state index is 13.9. The minimum Gasteiger partial charge on any atom is -0.493 e. The van der Waals surface area contributed by atoms with Crippen LogP contribution in [0.3, 0.4) is 0 Å². The standard InChI is InChI=1S/C30H32N4O6/c1-39-23-11-10-20-26(27(23)40-2)30(38)34-22-7-4-3-6-19(22)29(37)33(28(20)34)16-25(36)31-13-17-12-18(15-31)21-8-5-9-24(35)32(21)14-17/h3-4,6-7,10-11,17-18,21,28H,5,8-9,12-16H2,1-2H3/t17-,18+,21+,28-/m1/s1. The Hall–Kier alpha value is -4.08. The Kier molecular flexibility index (Phi) is 5.76. The lowest BCUT2D eigenvalue weighted by Crippen LogP contribution is -2.62. The van der Waals surface area contributed by atoms with E-state index in [-0.39, 0.29) is 48.1 Å². The summed E-state index contributed by atoms with van der Waals surface area (Å²) in [6.45, 7) is 1.69. The van der Waals surface area contributed by atoms with Crippen LogP contribution in [0.2, 0.25) is 0 Å². The Balaban J connectivity index is 1.22. The van der Waals surface area contributed by atoms with E-state index < -0.39 is 6.17 Å². The Labute approximate surface area is 232 Å². The summed E-state index contributed by atoms with van der Waals surface area (Å²) in [5, 5.41) is 0. The molecule has 2 aromatic rings. The first-order valence-electron chi connectivity index (χ1n) is 14.0. The maximum Gasteiger partial charge on any atom is 0.264 e. The lowest BCUT2D eigenvalue weighted by Gasteiger charge is -2.52. The van der Waals surface area contributed by atoms with Gasteiger partial charge in [-0.05, 0) is 49.3 Å². The molecule has 0 N–H and O–H groups in total. The molecule has 4 atom stereocenters. The van der Waals surface area contributed by atoms with E-state index in [1.54, 1.807) is 41.3 Å². The van der Waals surface area contributed by atoms with Gasteiger partial charge in [-0.25, -0.2) is 0 Å². The van der Waals surface area contributed by atoms with Gasteiger partial charge in [-0.1, -0.05) is 18.2 Å². The van der Waals surface area contributed by atoms with Gasteiger partial charge in [-0.2, -0.15) is 0 Å². The molecular formula is C30H32N4O6. The van der Waals surface area contributed by atoms with E-state index in [1.807, 2.05) is 4.90 Å². The number of piperidine rings is 3. The van der Waals surface area contributed by atoms with Crippen molar-refractivity contribution in [1.29, 1.82) is 0 Å². The Bertz CT molecular complexity index is 1440. The van der Waals surface area contributed by atoms with E-state index in [4.69, 9.17) is 9.47 Å². The van der Waals surface area contributed by atoms with Crippen molar-refractivity contribution in [1.82, 2.24) is 14.7 Å². The van der Waals surface area contributed by atoms with Crippen molar-refractivity contribution in [3.05, 3.63) is 53.1 Å². The van der Waals surface area contributed by atoms with Gasteiger partial charge in [0.25, 0.3) is 11.8 Å². The topological polar surface area (TPSA) is 99.7 Å². The van der Waals surface area contributed by atoms with Crippen molar-refractivity contribution in [3.8, 4) is 11.5 Å². The normalized spacial score (nSPS) is 26.7. The molecule has 5 aliphatic heterocycles. The quantitative estimate of drug-likeness (QED) is 0.587. The van der Waals surface area contributed by atoms with Crippen LogP contribution in [0.1, 0.15) is 58.1 Å². The van der Waals surface area contributed by atoms with Crippen LogP contribution in [0.4, 0.5) is 5.69 Å². The molecule has 10 heteroatoms. The molecule has 4 amide bonds. The summed E-state index contributed by atoms with van der Waals surface area (Å²) in [6, 6.07) is 10.7. The van der Waals surface area contributed by atoms with Gasteiger partial charge in [-0.15, -0.1) is 0 Å². The van der Waals surface area contributed by atoms with E-state index in [0.717, 1.165) is 19.3 Å². The van der Waals surface area contributed by atoms with Crippen LogP contribution >= 0.6 is 0 Å². The SMILES string of the molecule is COc1ccc2c(c1OC)C(=O)N1c3ccccc3C(=O)N(CC(=O)N3C[C@H]4C[C@@H](C3)[C@@H]3CCCC(=O)N3C4)[C@@H]21. The number of ether oxygens (including phenoxy) is 2. The lowest BCUT2D eigenvalue weighted by molar-refractivity contribution is -0.149. The van der Waals surface area contributed by atoms with Gasteiger partial charge in [-0.3, -0.25) is 24.1 Å². The monoisotopic (exact) mass is 544 g/mol. The summed E-state index contributed by atoms with van der Waals surface area (Å²) in [6.07, 6.45) is 2.74. The number of likely N-dealkylation sites (tertiary alicyclic amines) is 1. The number of fused-ring (bicyclic) bond motifs is 9. The number of para-hydroxylation sites is 1. The van der Waals surface area contributed by atoms with E-state index in [1.165, 1.54) is 19.1 Å². The summed E-state index contributed by atoms with van der Waals surface area (Å²) in [5.74, 6) is 0.725. The largest absolute Gasteiger partial charge is 0.493 e. The fourth-order valence-corrected chi connectivity index (χ4v) is 7.64. The van der Waals surface area contributed by atoms with Gasteiger partial charge in [0, 0.05) is 37.7 Å². The van der Waals surface area contributed by atoms with Crippen molar-refractivity contribution >= 4 is 29.3 Å². The zero-order valence-electron chi connectivity index (χ0n) is 22.7. The van der Waals surface area contributed by atoms with Gasteiger partial charge < -0.3 is 24.2 Å². The molecule has 5 heterocycles. The average molecular weight is 545 g/mol. The van der Waals surface area contributed by atoms with E-state index in [0.29, 0.717) is 59.9 Å². The average Bonchev–Trinajstić information content (AvgIpc) is 3.27. The summed E-state index contributed by atoms with van der Waals surface area (Å²) in [4.78, 5) is 61.3. The molecule has 0 radical (unpaired) electrons. The van der Waals surface area contributed by atoms with Crippen LogP contribution in [0, 0.1) is 11.8 Å². The lowest BCUT2D eigenvalue weighted by atomic mass is 9.76. The zero-order valence-corrected chi connectivity index (χ0v) is 22.7. The predicted octanol–water partition coefficient (Wildman–Crippen LogP) is 2.68. The first-order chi connectivity index (χ1) is 19.4. The molecule has 3 fully saturated rings. The number of rotatable bonds is 4. The molecule has 0 aliphatic carbocycles. The van der Waals surface area contributed by atoms with Crippen molar-refractivity contribution in [3.63, 3.8) is 0 Å². The highest BCUT2D eigenvalue weighted by atomic mass is 16.5. The second kappa shape index (κ2) is 9.25. The third kappa shape index (κ3) is 3.54. The first kappa shape index (κ1) is 24.9. The maximum absolute atomic E-state index is 13.9. The molecule has 0 spiro atoms. The molecule has 5 aliphatic rings. The molecule has 0 saturated carbocycles. The molecule has 0 aromatic heterocycles. The molecular weight excluding hydrogens is 512 g/mol. The molecule has 2 aromatic carbocycles. The van der Waals surface area contributed by atoms with Crippen LogP contribution < -0.4 is 14.4 Å². The van der Waals surface area contributed by atoms with Gasteiger partial charge in [0.1, 0.15) is 12.7 Å². The number of nitrogens with zero attached hydrogens (tertiary/aromatic N) is 4. The minimum absolute atomic E-state index is 0.139. The number of carbonyl (C=O) groups excluding carboxylic acids is 4. The molecule has 40 heavy (non-hydrogen) atoms. The Morgan fingerprint density at radius 1 is 0.975 bits per heavy atom. The fraction of sp³-hybridized carbons (Fsp3) is 0.467. The van der Waals surface area contributed by atoms with E-state index in [9.17, 15) is 19.2 Å². The number of hydrogen-bond donors (Lipinski definition) is 0.